The molecule has 0 spiro atoms. The van der Waals surface area contributed by atoms with Crippen molar-refractivity contribution in [2.24, 2.45) is 0 Å². The predicted octanol–water partition coefficient (Wildman–Crippen LogP) is -1.15. The molecule has 4 nitrogen and oxygen atoms in total. The van der Waals surface area contributed by atoms with Gasteiger partial charge in [0.15, 0.2) is 0 Å². The van der Waals surface area contributed by atoms with Crippen LogP contribution in [0.4, 0.5) is 4.39 Å². The van der Waals surface area contributed by atoms with Gasteiger partial charge in [-0.25, -0.2) is 4.39 Å². The maximum absolute atomic E-state index is 12.8. The Morgan fingerprint density at radius 3 is 3.08 bits per heavy atom. The van der Waals surface area contributed by atoms with Crippen LogP contribution in [0.5, 0.6) is 0 Å². The first-order valence-electron chi connectivity index (χ1n) is 4.03. The van der Waals surface area contributed by atoms with Crippen LogP contribution in [0.15, 0.2) is 0 Å². The second-order valence-corrected chi connectivity index (χ2v) is 3.27. The summed E-state index contributed by atoms with van der Waals surface area (Å²) >= 11 is 0. The van der Waals surface area contributed by atoms with Crippen molar-refractivity contribution >= 4 is 5.91 Å². The van der Waals surface area contributed by atoms with Crippen molar-refractivity contribution in [3.8, 4) is 0 Å². The minimum Gasteiger partial charge on any atom is -0.376 e. The lowest BCUT2D eigenvalue weighted by atomic mass is 10.1. The lowest BCUT2D eigenvalue weighted by molar-refractivity contribution is -0.139. The third-order valence-electron chi connectivity index (χ3n) is 2.44. The van der Waals surface area contributed by atoms with Crippen LogP contribution in [0, 0.1) is 0 Å². The molecule has 0 aromatic heterocycles. The number of rotatable bonds is 0. The van der Waals surface area contributed by atoms with E-state index in [1.54, 1.807) is 0 Å². The van der Waals surface area contributed by atoms with Crippen LogP contribution in [0.2, 0.25) is 0 Å². The average molecular weight is 174 g/mol. The molecule has 0 aromatic carbocycles. The second-order valence-electron chi connectivity index (χ2n) is 3.27. The van der Waals surface area contributed by atoms with Crippen molar-refractivity contribution in [1.82, 2.24) is 10.2 Å². The normalized spacial score (nSPS) is 41.7. The zero-order chi connectivity index (χ0) is 8.72. The van der Waals surface area contributed by atoms with Gasteiger partial charge in [-0.05, 0) is 0 Å². The van der Waals surface area contributed by atoms with E-state index >= 15 is 0 Å². The number of nitrogens with zero attached hydrogens (tertiary/aromatic N) is 1. The molecule has 2 N–H and O–H groups in total. The number of amides is 1. The zero-order valence-corrected chi connectivity index (χ0v) is 6.53. The standard InChI is InChI=1S/C7H11FN2O2/c8-4-1-5-7(12)9-2-6(11)10(5)3-4/h4-5,7,9,12H,1-3H2/t4-,5-,7?/m0/s1. The summed E-state index contributed by atoms with van der Waals surface area (Å²) < 4.78 is 12.8. The summed E-state index contributed by atoms with van der Waals surface area (Å²) in [4.78, 5) is 12.6. The maximum atomic E-state index is 12.8. The first-order valence-corrected chi connectivity index (χ1v) is 4.03. The summed E-state index contributed by atoms with van der Waals surface area (Å²) in [6, 6.07) is -0.360. The molecule has 5 heteroatoms. The van der Waals surface area contributed by atoms with Gasteiger partial charge >= 0.3 is 0 Å². The summed E-state index contributed by atoms with van der Waals surface area (Å²) in [5.74, 6) is -0.120. The minimum absolute atomic E-state index is 0.115. The van der Waals surface area contributed by atoms with Crippen LogP contribution in [-0.4, -0.2) is 47.4 Å². The van der Waals surface area contributed by atoms with E-state index < -0.39 is 12.4 Å². The largest absolute Gasteiger partial charge is 0.376 e. The van der Waals surface area contributed by atoms with Crippen molar-refractivity contribution in [3.63, 3.8) is 0 Å². The number of aliphatic hydroxyl groups is 1. The maximum Gasteiger partial charge on any atom is 0.237 e. The molecule has 0 aromatic rings. The monoisotopic (exact) mass is 174 g/mol. The quantitative estimate of drug-likeness (QED) is 0.487. The number of nitrogens with one attached hydrogen (secondary N) is 1. The van der Waals surface area contributed by atoms with Crippen molar-refractivity contribution in [2.75, 3.05) is 13.1 Å². The van der Waals surface area contributed by atoms with E-state index in [0.29, 0.717) is 0 Å². The summed E-state index contributed by atoms with van der Waals surface area (Å²) in [5, 5.41) is 12.0. The van der Waals surface area contributed by atoms with Gasteiger partial charge in [-0.2, -0.15) is 0 Å². The molecule has 12 heavy (non-hydrogen) atoms. The number of halogens is 1. The van der Waals surface area contributed by atoms with Crippen LogP contribution in [0.25, 0.3) is 0 Å². The first kappa shape index (κ1) is 7.94. The van der Waals surface area contributed by atoms with Crippen molar-refractivity contribution in [1.29, 1.82) is 0 Å². The van der Waals surface area contributed by atoms with Crippen LogP contribution in [-0.2, 0) is 4.79 Å². The highest BCUT2D eigenvalue weighted by atomic mass is 19.1. The van der Waals surface area contributed by atoms with Gasteiger partial charge in [0.1, 0.15) is 12.4 Å². The van der Waals surface area contributed by atoms with Crippen LogP contribution >= 0.6 is 0 Å². The Balaban J connectivity index is 2.14. The average Bonchev–Trinajstić information content (AvgIpc) is 2.41. The van der Waals surface area contributed by atoms with Crippen LogP contribution in [0.1, 0.15) is 6.42 Å². The molecule has 3 atom stereocenters. The summed E-state index contributed by atoms with van der Waals surface area (Å²) in [6.07, 6.45) is -1.49. The fourth-order valence-corrected chi connectivity index (χ4v) is 1.83. The first-order chi connectivity index (χ1) is 5.68. The van der Waals surface area contributed by atoms with Gasteiger partial charge in [-0.1, -0.05) is 0 Å². The van der Waals surface area contributed by atoms with E-state index in [1.807, 2.05) is 0 Å². The van der Waals surface area contributed by atoms with Gasteiger partial charge in [-0.15, -0.1) is 0 Å². The Morgan fingerprint density at radius 1 is 1.67 bits per heavy atom. The predicted molar refractivity (Wildman–Crippen MR) is 39.0 cm³/mol. The van der Waals surface area contributed by atoms with Gasteiger partial charge in [-0.3, -0.25) is 10.1 Å². The number of piperazine rings is 1. The van der Waals surface area contributed by atoms with Crippen molar-refractivity contribution in [3.05, 3.63) is 0 Å². The van der Waals surface area contributed by atoms with Crippen LogP contribution < -0.4 is 5.32 Å². The van der Waals surface area contributed by atoms with Crippen molar-refractivity contribution in [2.45, 2.75) is 24.9 Å². The minimum atomic E-state index is -0.978. The lowest BCUT2D eigenvalue weighted by Crippen LogP contribution is -2.57. The van der Waals surface area contributed by atoms with E-state index in [1.165, 1.54) is 4.90 Å². The number of hydrogen-bond donors (Lipinski definition) is 2. The number of carbonyl (C=O) groups excluding carboxylic acids is 1. The summed E-state index contributed by atoms with van der Waals surface area (Å²) in [5.41, 5.74) is 0. The van der Waals surface area contributed by atoms with Gasteiger partial charge in [0, 0.05) is 6.42 Å². The molecule has 2 aliphatic heterocycles. The van der Waals surface area contributed by atoms with Gasteiger partial charge < -0.3 is 10.0 Å². The fraction of sp³-hybridized carbons (Fsp3) is 0.857. The van der Waals surface area contributed by atoms with Crippen LogP contribution in [0.3, 0.4) is 0 Å². The van der Waals surface area contributed by atoms with E-state index in [0.717, 1.165) is 0 Å². The molecule has 2 heterocycles. The third-order valence-corrected chi connectivity index (χ3v) is 2.44. The van der Waals surface area contributed by atoms with Crippen molar-refractivity contribution < 1.29 is 14.3 Å². The molecular formula is C7H11FN2O2. The van der Waals surface area contributed by atoms with Gasteiger partial charge in [0.25, 0.3) is 0 Å². The highest BCUT2D eigenvalue weighted by Gasteiger charge is 2.42. The molecule has 2 fully saturated rings. The SMILES string of the molecule is O=C1CNC(O)[C@@H]2C[C@H](F)CN12. The van der Waals surface area contributed by atoms with Gasteiger partial charge in [0.05, 0.1) is 19.1 Å². The molecule has 2 aliphatic rings. The molecule has 0 saturated carbocycles. The van der Waals surface area contributed by atoms with E-state index in [-0.39, 0.29) is 31.5 Å². The number of aliphatic hydroxyl groups excluding tert-OH is 1. The van der Waals surface area contributed by atoms with E-state index in [9.17, 15) is 14.3 Å². The Hall–Kier alpha value is -0.680. The number of fused-ring (bicyclic) bond motifs is 1. The Morgan fingerprint density at radius 2 is 2.42 bits per heavy atom. The molecule has 0 aliphatic carbocycles. The highest BCUT2D eigenvalue weighted by molar-refractivity contribution is 5.80. The molecular weight excluding hydrogens is 163 g/mol. The molecule has 68 valence electrons. The topological polar surface area (TPSA) is 52.6 Å². The molecule has 1 amide bonds. The number of alkyl halides is 1. The zero-order valence-electron chi connectivity index (χ0n) is 6.53. The molecule has 1 unspecified atom stereocenters. The molecule has 2 rings (SSSR count). The Labute approximate surface area is 69.3 Å². The Bertz CT molecular complexity index is 212. The smallest absolute Gasteiger partial charge is 0.237 e. The molecule has 0 radical (unpaired) electrons. The molecule has 2 saturated heterocycles. The number of carbonyl (C=O) groups is 1. The number of hydrogen-bond acceptors (Lipinski definition) is 3. The summed E-state index contributed by atoms with van der Waals surface area (Å²) in [6.45, 7) is 0.257. The Kier molecular flexibility index (Phi) is 1.77. The van der Waals surface area contributed by atoms with Gasteiger partial charge in [0.2, 0.25) is 5.91 Å². The van der Waals surface area contributed by atoms with E-state index in [2.05, 4.69) is 5.32 Å². The molecule has 0 bridgehead atoms. The summed E-state index contributed by atoms with van der Waals surface area (Å²) in [7, 11) is 0. The fourth-order valence-electron chi connectivity index (χ4n) is 1.83. The highest BCUT2D eigenvalue weighted by Crippen LogP contribution is 2.24. The third kappa shape index (κ3) is 1.09. The van der Waals surface area contributed by atoms with E-state index in [4.69, 9.17) is 0 Å². The lowest BCUT2D eigenvalue weighted by Gasteiger charge is -2.33. The second kappa shape index (κ2) is 2.67.